The van der Waals surface area contributed by atoms with Crippen molar-refractivity contribution in [2.24, 2.45) is 5.92 Å². The number of pyridine rings is 1. The average Bonchev–Trinajstić information content (AvgIpc) is 3.57. The van der Waals surface area contributed by atoms with Gasteiger partial charge in [-0.3, -0.25) is 14.5 Å². The molecule has 0 bridgehead atoms. The minimum Gasteiger partial charge on any atom is -0.356 e. The van der Waals surface area contributed by atoms with Crippen LogP contribution < -0.4 is 15.5 Å². The van der Waals surface area contributed by atoms with Crippen LogP contribution >= 0.6 is 0 Å². The van der Waals surface area contributed by atoms with Crippen LogP contribution in [0.2, 0.25) is 0 Å². The van der Waals surface area contributed by atoms with Crippen molar-refractivity contribution in [1.29, 1.82) is 0 Å². The van der Waals surface area contributed by atoms with E-state index < -0.39 is 0 Å². The quantitative estimate of drug-likeness (QED) is 0.801. The zero-order valence-electron chi connectivity index (χ0n) is 16.7. The Kier molecular flexibility index (Phi) is 5.80. The Morgan fingerprint density at radius 2 is 1.89 bits per heavy atom. The monoisotopic (exact) mass is 385 g/mol. The molecule has 7 heteroatoms. The summed E-state index contributed by atoms with van der Waals surface area (Å²) in [5.41, 5.74) is 0.637. The van der Waals surface area contributed by atoms with Crippen LogP contribution in [0.1, 0.15) is 48.9 Å². The standard InChI is InChI=1S/C21H31N5O2/c1-22-21(28)18-5-2-10-23-19(18)25-12-8-17(9-13-25)26-11-3-4-15(14-26)20(27)24-16-6-7-16/h2,5,10,15-17H,3-4,6-9,11-14H2,1H3,(H,22,28)(H,24,27)/t15-/m0/s1. The Hall–Kier alpha value is -2.15. The molecule has 2 saturated heterocycles. The smallest absolute Gasteiger partial charge is 0.254 e. The zero-order chi connectivity index (χ0) is 19.5. The molecule has 1 saturated carbocycles. The second-order valence-corrected chi connectivity index (χ2v) is 8.29. The van der Waals surface area contributed by atoms with Crippen LogP contribution in [-0.4, -0.2) is 67.0 Å². The number of carbonyl (C=O) groups excluding carboxylic acids is 2. The zero-order valence-corrected chi connectivity index (χ0v) is 16.7. The SMILES string of the molecule is CNC(=O)c1cccnc1N1CCC(N2CCC[C@H](C(=O)NC3CC3)C2)CC1. The van der Waals surface area contributed by atoms with Crippen molar-refractivity contribution in [1.82, 2.24) is 20.5 Å². The molecule has 2 aliphatic heterocycles. The van der Waals surface area contributed by atoms with Gasteiger partial charge in [0.15, 0.2) is 0 Å². The predicted octanol–water partition coefficient (Wildman–Crippen LogP) is 1.40. The third-order valence-corrected chi connectivity index (χ3v) is 6.29. The first-order valence-electron chi connectivity index (χ1n) is 10.6. The van der Waals surface area contributed by atoms with Gasteiger partial charge >= 0.3 is 0 Å². The molecule has 4 rings (SSSR count). The van der Waals surface area contributed by atoms with Gasteiger partial charge in [-0.2, -0.15) is 0 Å². The summed E-state index contributed by atoms with van der Waals surface area (Å²) < 4.78 is 0. The minimum atomic E-state index is -0.0919. The lowest BCUT2D eigenvalue weighted by Crippen LogP contribution is -2.51. The van der Waals surface area contributed by atoms with Crippen LogP contribution in [0.25, 0.3) is 0 Å². The van der Waals surface area contributed by atoms with Crippen molar-refractivity contribution in [3.63, 3.8) is 0 Å². The number of carbonyl (C=O) groups is 2. The molecule has 1 atom stereocenters. The summed E-state index contributed by atoms with van der Waals surface area (Å²) in [6.07, 6.45) is 8.24. The molecular weight excluding hydrogens is 354 g/mol. The summed E-state index contributed by atoms with van der Waals surface area (Å²) in [5.74, 6) is 1.09. The van der Waals surface area contributed by atoms with E-state index in [0.29, 0.717) is 17.6 Å². The van der Waals surface area contributed by atoms with Crippen LogP contribution in [0, 0.1) is 5.92 Å². The molecular formula is C21H31N5O2. The number of rotatable bonds is 5. The molecule has 1 aliphatic carbocycles. The molecule has 0 radical (unpaired) electrons. The molecule has 152 valence electrons. The van der Waals surface area contributed by atoms with Crippen molar-refractivity contribution in [2.45, 2.75) is 50.6 Å². The largest absolute Gasteiger partial charge is 0.356 e. The number of nitrogens with zero attached hydrogens (tertiary/aromatic N) is 3. The van der Waals surface area contributed by atoms with Crippen molar-refractivity contribution in [2.75, 3.05) is 38.1 Å². The number of nitrogens with one attached hydrogen (secondary N) is 2. The van der Waals surface area contributed by atoms with Gasteiger partial charge < -0.3 is 15.5 Å². The molecule has 7 nitrogen and oxygen atoms in total. The van der Waals surface area contributed by atoms with Gasteiger partial charge in [-0.05, 0) is 57.2 Å². The Morgan fingerprint density at radius 3 is 2.61 bits per heavy atom. The van der Waals surface area contributed by atoms with Crippen LogP contribution in [0.4, 0.5) is 5.82 Å². The van der Waals surface area contributed by atoms with Gasteiger partial charge in [0.25, 0.3) is 5.91 Å². The van der Waals surface area contributed by atoms with Gasteiger partial charge in [-0.15, -0.1) is 0 Å². The van der Waals surface area contributed by atoms with E-state index in [1.165, 1.54) is 0 Å². The van der Waals surface area contributed by atoms with Crippen LogP contribution in [0.15, 0.2) is 18.3 Å². The molecule has 1 aromatic heterocycles. The Labute approximate surface area is 166 Å². The normalized spacial score (nSPS) is 24.0. The summed E-state index contributed by atoms with van der Waals surface area (Å²) in [5, 5.41) is 5.88. The highest BCUT2D eigenvalue weighted by molar-refractivity contribution is 5.98. The third kappa shape index (κ3) is 4.29. The number of piperidine rings is 2. The Bertz CT molecular complexity index is 713. The summed E-state index contributed by atoms with van der Waals surface area (Å²) in [4.78, 5) is 33.8. The number of hydrogen-bond acceptors (Lipinski definition) is 5. The number of aromatic nitrogens is 1. The summed E-state index contributed by atoms with van der Waals surface area (Å²) in [6, 6.07) is 4.60. The first-order chi connectivity index (χ1) is 13.7. The summed E-state index contributed by atoms with van der Waals surface area (Å²) in [7, 11) is 1.65. The van der Waals surface area contributed by atoms with Crippen LogP contribution in [0.5, 0.6) is 0 Å². The van der Waals surface area contributed by atoms with E-state index >= 15 is 0 Å². The molecule has 0 spiro atoms. The van der Waals surface area contributed by atoms with Crippen molar-refractivity contribution >= 4 is 17.6 Å². The fourth-order valence-electron chi connectivity index (χ4n) is 4.50. The van der Waals surface area contributed by atoms with Crippen LogP contribution in [-0.2, 0) is 4.79 Å². The minimum absolute atomic E-state index is 0.0919. The molecule has 3 fully saturated rings. The van der Waals surface area contributed by atoms with Crippen molar-refractivity contribution < 1.29 is 9.59 Å². The Morgan fingerprint density at radius 1 is 1.11 bits per heavy atom. The molecule has 3 aliphatic rings. The molecule has 2 amide bonds. The van der Waals surface area contributed by atoms with Gasteiger partial charge in [0.05, 0.1) is 11.5 Å². The molecule has 0 aromatic carbocycles. The maximum absolute atomic E-state index is 12.5. The van der Waals surface area contributed by atoms with E-state index in [1.54, 1.807) is 19.3 Å². The molecule has 28 heavy (non-hydrogen) atoms. The number of amides is 2. The van der Waals surface area contributed by atoms with Gasteiger partial charge in [0.2, 0.25) is 5.91 Å². The molecule has 3 heterocycles. The highest BCUT2D eigenvalue weighted by atomic mass is 16.2. The van der Waals surface area contributed by atoms with Gasteiger partial charge in [0, 0.05) is 45.0 Å². The molecule has 1 aromatic rings. The van der Waals surface area contributed by atoms with E-state index in [0.717, 1.165) is 70.5 Å². The van der Waals surface area contributed by atoms with E-state index in [9.17, 15) is 9.59 Å². The van der Waals surface area contributed by atoms with E-state index in [-0.39, 0.29) is 17.7 Å². The topological polar surface area (TPSA) is 77.6 Å². The summed E-state index contributed by atoms with van der Waals surface area (Å²) >= 11 is 0. The first-order valence-corrected chi connectivity index (χ1v) is 10.6. The summed E-state index contributed by atoms with van der Waals surface area (Å²) in [6.45, 7) is 3.75. The third-order valence-electron chi connectivity index (χ3n) is 6.29. The maximum atomic E-state index is 12.5. The number of likely N-dealkylation sites (tertiary alicyclic amines) is 1. The van der Waals surface area contributed by atoms with Gasteiger partial charge in [0.1, 0.15) is 5.82 Å². The van der Waals surface area contributed by atoms with Crippen molar-refractivity contribution in [3.8, 4) is 0 Å². The Balaban J connectivity index is 1.34. The number of anilines is 1. The molecule has 0 unspecified atom stereocenters. The number of hydrogen-bond donors (Lipinski definition) is 2. The van der Waals surface area contributed by atoms with Crippen molar-refractivity contribution in [3.05, 3.63) is 23.9 Å². The van der Waals surface area contributed by atoms with E-state index in [4.69, 9.17) is 0 Å². The maximum Gasteiger partial charge on any atom is 0.254 e. The lowest BCUT2D eigenvalue weighted by molar-refractivity contribution is -0.127. The second kappa shape index (κ2) is 8.47. The van der Waals surface area contributed by atoms with E-state index in [1.807, 2.05) is 6.07 Å². The van der Waals surface area contributed by atoms with Gasteiger partial charge in [-0.25, -0.2) is 4.98 Å². The first kappa shape index (κ1) is 19.2. The lowest BCUT2D eigenvalue weighted by atomic mass is 9.93. The average molecular weight is 386 g/mol. The molecule has 2 N–H and O–H groups in total. The fraction of sp³-hybridized carbons (Fsp3) is 0.667. The lowest BCUT2D eigenvalue weighted by Gasteiger charge is -2.42. The van der Waals surface area contributed by atoms with Gasteiger partial charge in [-0.1, -0.05) is 0 Å². The second-order valence-electron chi connectivity index (χ2n) is 8.29. The van der Waals surface area contributed by atoms with E-state index in [2.05, 4.69) is 25.4 Å². The predicted molar refractivity (Wildman–Crippen MR) is 108 cm³/mol. The highest BCUT2D eigenvalue weighted by Gasteiger charge is 2.34. The highest BCUT2D eigenvalue weighted by Crippen LogP contribution is 2.28. The van der Waals surface area contributed by atoms with Crippen LogP contribution in [0.3, 0.4) is 0 Å². The fourth-order valence-corrected chi connectivity index (χ4v) is 4.50.